The van der Waals surface area contributed by atoms with Crippen LogP contribution in [0.5, 0.6) is 0 Å². The maximum absolute atomic E-state index is 11.8. The SMILES string of the molecule is NCc1cccc2c1C1(CC1)C(=O)C2. The lowest BCUT2D eigenvalue weighted by Gasteiger charge is -2.11. The molecule has 1 spiro atoms. The van der Waals surface area contributed by atoms with Gasteiger partial charge in [-0.25, -0.2) is 0 Å². The third-order valence-electron chi connectivity index (χ3n) is 3.57. The highest BCUT2D eigenvalue weighted by molar-refractivity contribution is 5.99. The number of benzene rings is 1. The van der Waals surface area contributed by atoms with E-state index >= 15 is 0 Å². The zero-order valence-electron chi connectivity index (χ0n) is 8.05. The predicted molar refractivity (Wildman–Crippen MR) is 54.0 cm³/mol. The lowest BCUT2D eigenvalue weighted by molar-refractivity contribution is -0.119. The van der Waals surface area contributed by atoms with Crippen LogP contribution in [0.15, 0.2) is 18.2 Å². The van der Waals surface area contributed by atoms with E-state index in [0.717, 1.165) is 12.8 Å². The van der Waals surface area contributed by atoms with E-state index in [-0.39, 0.29) is 5.41 Å². The second-order valence-electron chi connectivity index (χ2n) is 4.34. The molecule has 2 aliphatic rings. The third kappa shape index (κ3) is 0.819. The van der Waals surface area contributed by atoms with Crippen molar-refractivity contribution < 1.29 is 4.79 Å². The lowest BCUT2D eigenvalue weighted by atomic mass is 9.93. The maximum Gasteiger partial charge on any atom is 0.147 e. The standard InChI is InChI=1S/C12H13NO/c13-7-9-3-1-2-8-6-10(14)12(4-5-12)11(8)9/h1-3H,4-7,13H2. The van der Waals surface area contributed by atoms with Gasteiger partial charge in [0.25, 0.3) is 0 Å². The second-order valence-corrected chi connectivity index (χ2v) is 4.34. The Balaban J connectivity index is 2.25. The van der Waals surface area contributed by atoms with E-state index < -0.39 is 0 Å². The molecule has 2 aliphatic carbocycles. The summed E-state index contributed by atoms with van der Waals surface area (Å²) in [6.45, 7) is 0.554. The van der Waals surface area contributed by atoms with Gasteiger partial charge in [0, 0.05) is 13.0 Å². The Kier molecular flexibility index (Phi) is 1.43. The van der Waals surface area contributed by atoms with Crippen LogP contribution in [0.25, 0.3) is 0 Å². The van der Waals surface area contributed by atoms with Gasteiger partial charge in [0.15, 0.2) is 0 Å². The summed E-state index contributed by atoms with van der Waals surface area (Å²) >= 11 is 0. The summed E-state index contributed by atoms with van der Waals surface area (Å²) in [5.74, 6) is 0.411. The van der Waals surface area contributed by atoms with Crippen LogP contribution in [0.2, 0.25) is 0 Å². The summed E-state index contributed by atoms with van der Waals surface area (Å²) in [7, 11) is 0. The van der Waals surface area contributed by atoms with E-state index in [1.54, 1.807) is 0 Å². The second kappa shape index (κ2) is 2.45. The maximum atomic E-state index is 11.8. The zero-order chi connectivity index (χ0) is 9.76. The number of carbonyl (C=O) groups is 1. The minimum absolute atomic E-state index is 0.0920. The van der Waals surface area contributed by atoms with Crippen LogP contribution >= 0.6 is 0 Å². The van der Waals surface area contributed by atoms with Gasteiger partial charge in [0.2, 0.25) is 0 Å². The molecule has 1 aromatic carbocycles. The molecule has 0 heterocycles. The predicted octanol–water partition coefficient (Wildman–Crippen LogP) is 1.30. The van der Waals surface area contributed by atoms with Crippen LogP contribution < -0.4 is 5.73 Å². The molecule has 0 radical (unpaired) electrons. The first kappa shape index (κ1) is 8.18. The monoisotopic (exact) mass is 187 g/mol. The molecular formula is C12H13NO. The van der Waals surface area contributed by atoms with E-state index in [1.165, 1.54) is 16.7 Å². The molecule has 2 nitrogen and oxygen atoms in total. The van der Waals surface area contributed by atoms with E-state index in [0.29, 0.717) is 18.7 Å². The molecule has 0 unspecified atom stereocenters. The van der Waals surface area contributed by atoms with E-state index in [9.17, 15) is 4.79 Å². The molecule has 0 amide bonds. The molecule has 1 fully saturated rings. The summed E-state index contributed by atoms with van der Waals surface area (Å²) in [5, 5.41) is 0. The molecule has 1 aromatic rings. The highest BCUT2D eigenvalue weighted by atomic mass is 16.1. The van der Waals surface area contributed by atoms with Gasteiger partial charge in [-0.15, -0.1) is 0 Å². The molecule has 3 rings (SSSR count). The zero-order valence-corrected chi connectivity index (χ0v) is 8.05. The molecule has 2 heteroatoms. The fourth-order valence-corrected chi connectivity index (χ4v) is 2.72. The number of fused-ring (bicyclic) bond motifs is 2. The van der Waals surface area contributed by atoms with Gasteiger partial charge in [-0.05, 0) is 29.5 Å². The fourth-order valence-electron chi connectivity index (χ4n) is 2.72. The highest BCUT2D eigenvalue weighted by Crippen LogP contribution is 2.55. The number of hydrogen-bond donors (Lipinski definition) is 1. The molecule has 14 heavy (non-hydrogen) atoms. The number of hydrogen-bond acceptors (Lipinski definition) is 2. The van der Waals surface area contributed by atoms with Crippen LogP contribution in [0, 0.1) is 0 Å². The number of rotatable bonds is 1. The molecule has 0 aromatic heterocycles. The van der Waals surface area contributed by atoms with Gasteiger partial charge in [-0.2, -0.15) is 0 Å². The van der Waals surface area contributed by atoms with Gasteiger partial charge >= 0.3 is 0 Å². The van der Waals surface area contributed by atoms with Crippen molar-refractivity contribution >= 4 is 5.78 Å². The van der Waals surface area contributed by atoms with Crippen LogP contribution in [0.1, 0.15) is 29.5 Å². The van der Waals surface area contributed by atoms with Crippen molar-refractivity contribution in [1.82, 2.24) is 0 Å². The minimum atomic E-state index is -0.0920. The van der Waals surface area contributed by atoms with Crippen LogP contribution in [-0.4, -0.2) is 5.78 Å². The normalized spacial score (nSPS) is 21.4. The molecule has 1 saturated carbocycles. The molecule has 0 atom stereocenters. The number of Topliss-reactive ketones (excluding diaryl/α,β-unsaturated/α-hetero) is 1. The van der Waals surface area contributed by atoms with Gasteiger partial charge in [-0.3, -0.25) is 4.79 Å². The Morgan fingerprint density at radius 3 is 2.79 bits per heavy atom. The third-order valence-corrected chi connectivity index (χ3v) is 3.57. The largest absolute Gasteiger partial charge is 0.326 e. The van der Waals surface area contributed by atoms with Crippen molar-refractivity contribution in [2.24, 2.45) is 5.73 Å². The summed E-state index contributed by atoms with van der Waals surface area (Å²) < 4.78 is 0. The van der Waals surface area contributed by atoms with Crippen molar-refractivity contribution in [3.63, 3.8) is 0 Å². The van der Waals surface area contributed by atoms with Crippen molar-refractivity contribution in [2.75, 3.05) is 0 Å². The van der Waals surface area contributed by atoms with Crippen molar-refractivity contribution in [1.29, 1.82) is 0 Å². The first-order valence-corrected chi connectivity index (χ1v) is 5.12. The Morgan fingerprint density at radius 1 is 1.36 bits per heavy atom. The highest BCUT2D eigenvalue weighted by Gasteiger charge is 2.55. The Bertz CT molecular complexity index is 418. The topological polar surface area (TPSA) is 43.1 Å². The first-order chi connectivity index (χ1) is 6.78. The van der Waals surface area contributed by atoms with Gasteiger partial charge in [0.1, 0.15) is 5.78 Å². The number of nitrogens with two attached hydrogens (primary N) is 1. The van der Waals surface area contributed by atoms with Crippen LogP contribution in [0.3, 0.4) is 0 Å². The van der Waals surface area contributed by atoms with Crippen molar-refractivity contribution in [2.45, 2.75) is 31.2 Å². The van der Waals surface area contributed by atoms with Crippen molar-refractivity contribution in [3.05, 3.63) is 34.9 Å². The Labute approximate surface area is 83.1 Å². The van der Waals surface area contributed by atoms with Gasteiger partial charge in [0.05, 0.1) is 5.41 Å². The Morgan fingerprint density at radius 2 is 2.14 bits per heavy atom. The van der Waals surface area contributed by atoms with Crippen molar-refractivity contribution in [3.8, 4) is 0 Å². The van der Waals surface area contributed by atoms with Gasteiger partial charge in [-0.1, -0.05) is 18.2 Å². The summed E-state index contributed by atoms with van der Waals surface area (Å²) in [4.78, 5) is 11.8. The molecule has 2 N–H and O–H groups in total. The average molecular weight is 187 g/mol. The lowest BCUT2D eigenvalue weighted by Crippen LogP contribution is -2.16. The summed E-state index contributed by atoms with van der Waals surface area (Å²) in [5.41, 5.74) is 9.27. The molecule has 0 bridgehead atoms. The smallest absolute Gasteiger partial charge is 0.147 e. The average Bonchev–Trinajstić information content (AvgIpc) is 2.92. The molecule has 0 saturated heterocycles. The molecular weight excluding hydrogens is 174 g/mol. The number of ketones is 1. The quantitative estimate of drug-likeness (QED) is 0.720. The molecule has 72 valence electrons. The van der Waals surface area contributed by atoms with E-state index in [1.807, 2.05) is 6.07 Å². The van der Waals surface area contributed by atoms with E-state index in [4.69, 9.17) is 5.73 Å². The first-order valence-electron chi connectivity index (χ1n) is 5.12. The van der Waals surface area contributed by atoms with Crippen LogP contribution in [0.4, 0.5) is 0 Å². The Hall–Kier alpha value is -1.15. The van der Waals surface area contributed by atoms with Crippen LogP contribution in [-0.2, 0) is 23.2 Å². The fraction of sp³-hybridized carbons (Fsp3) is 0.417. The summed E-state index contributed by atoms with van der Waals surface area (Å²) in [6.07, 6.45) is 2.70. The molecule has 0 aliphatic heterocycles. The van der Waals surface area contributed by atoms with E-state index in [2.05, 4.69) is 12.1 Å². The summed E-state index contributed by atoms with van der Waals surface area (Å²) in [6, 6.07) is 6.13. The van der Waals surface area contributed by atoms with Gasteiger partial charge < -0.3 is 5.73 Å². The number of carbonyl (C=O) groups excluding carboxylic acids is 1. The minimum Gasteiger partial charge on any atom is -0.326 e.